The van der Waals surface area contributed by atoms with Gasteiger partial charge in [-0.15, -0.1) is 0 Å². The maximum atomic E-state index is 4.65. The van der Waals surface area contributed by atoms with Crippen LogP contribution < -0.4 is 5.32 Å². The van der Waals surface area contributed by atoms with Gasteiger partial charge in [0.2, 0.25) is 5.95 Å². The SMILES string of the molecule is Cc1cc(-n2cccn2)nc(NC2CCC(C)(N3CCCC3)CC2)n1. The highest BCUT2D eigenvalue weighted by Crippen LogP contribution is 2.36. The summed E-state index contributed by atoms with van der Waals surface area (Å²) < 4.78 is 1.78. The predicted octanol–water partition coefficient (Wildman–Crippen LogP) is 3.18. The zero-order valence-electron chi connectivity index (χ0n) is 15.3. The van der Waals surface area contributed by atoms with Gasteiger partial charge in [0.05, 0.1) is 0 Å². The summed E-state index contributed by atoms with van der Waals surface area (Å²) in [7, 11) is 0. The standard InChI is InChI=1S/C19H28N6/c1-15-14-17(25-13-5-10-20-25)23-18(21-15)22-16-6-8-19(2,9-7-16)24-11-3-4-12-24/h5,10,13-14,16H,3-4,6-9,11-12H2,1-2H3,(H,21,22,23). The van der Waals surface area contributed by atoms with Crippen LogP contribution in [0.25, 0.3) is 5.82 Å². The molecule has 0 amide bonds. The highest BCUT2D eigenvalue weighted by molar-refractivity contribution is 5.35. The highest BCUT2D eigenvalue weighted by Gasteiger charge is 2.37. The summed E-state index contributed by atoms with van der Waals surface area (Å²) in [5.41, 5.74) is 1.35. The Kier molecular flexibility index (Phi) is 4.46. The van der Waals surface area contributed by atoms with Gasteiger partial charge in [0.25, 0.3) is 0 Å². The van der Waals surface area contributed by atoms with Crippen LogP contribution in [0.15, 0.2) is 24.5 Å². The summed E-state index contributed by atoms with van der Waals surface area (Å²) in [4.78, 5) is 11.9. The number of hydrogen-bond acceptors (Lipinski definition) is 5. The quantitative estimate of drug-likeness (QED) is 0.926. The fourth-order valence-electron chi connectivity index (χ4n) is 4.28. The van der Waals surface area contributed by atoms with Crippen molar-refractivity contribution in [2.75, 3.05) is 18.4 Å². The van der Waals surface area contributed by atoms with Crippen molar-refractivity contribution in [1.82, 2.24) is 24.6 Å². The molecule has 1 saturated carbocycles. The van der Waals surface area contributed by atoms with E-state index in [1.54, 1.807) is 10.9 Å². The molecule has 0 aromatic carbocycles. The molecule has 134 valence electrons. The molecule has 2 aromatic rings. The Bertz CT molecular complexity index is 697. The van der Waals surface area contributed by atoms with Gasteiger partial charge >= 0.3 is 0 Å². The average molecular weight is 340 g/mol. The molecular weight excluding hydrogens is 312 g/mol. The molecule has 2 aliphatic rings. The molecule has 2 aromatic heterocycles. The molecule has 0 spiro atoms. The van der Waals surface area contributed by atoms with Crippen LogP contribution >= 0.6 is 0 Å². The molecule has 2 fully saturated rings. The second-order valence-corrected chi connectivity index (χ2v) is 7.75. The van der Waals surface area contributed by atoms with Gasteiger partial charge in [-0.1, -0.05) is 0 Å². The first kappa shape index (κ1) is 16.5. The van der Waals surface area contributed by atoms with Crippen molar-refractivity contribution in [2.45, 2.75) is 64.0 Å². The van der Waals surface area contributed by atoms with Gasteiger partial charge in [0, 0.05) is 35.7 Å². The predicted molar refractivity (Wildman–Crippen MR) is 99.0 cm³/mol. The van der Waals surface area contributed by atoms with E-state index in [1.165, 1.54) is 51.6 Å². The lowest BCUT2D eigenvalue weighted by Crippen LogP contribution is -2.48. The Morgan fingerprint density at radius 1 is 1.16 bits per heavy atom. The minimum atomic E-state index is 0.391. The zero-order chi connectivity index (χ0) is 17.3. The van der Waals surface area contributed by atoms with Crippen LogP contribution in [0.1, 0.15) is 51.1 Å². The molecule has 0 unspecified atom stereocenters. The van der Waals surface area contributed by atoms with Gasteiger partial charge < -0.3 is 5.32 Å². The lowest BCUT2D eigenvalue weighted by Gasteiger charge is -2.44. The molecule has 0 radical (unpaired) electrons. The average Bonchev–Trinajstić information content (AvgIpc) is 3.31. The summed E-state index contributed by atoms with van der Waals surface area (Å²) >= 11 is 0. The third-order valence-electron chi connectivity index (χ3n) is 5.85. The molecule has 25 heavy (non-hydrogen) atoms. The number of likely N-dealkylation sites (tertiary alicyclic amines) is 1. The third kappa shape index (κ3) is 3.54. The van der Waals surface area contributed by atoms with Crippen molar-refractivity contribution in [3.63, 3.8) is 0 Å². The van der Waals surface area contributed by atoms with Crippen LogP contribution in [-0.4, -0.2) is 49.3 Å². The van der Waals surface area contributed by atoms with E-state index in [2.05, 4.69) is 32.2 Å². The van der Waals surface area contributed by atoms with E-state index in [1.807, 2.05) is 25.3 Å². The van der Waals surface area contributed by atoms with E-state index in [0.717, 1.165) is 17.5 Å². The number of hydrogen-bond donors (Lipinski definition) is 1. The van der Waals surface area contributed by atoms with Crippen molar-refractivity contribution in [2.24, 2.45) is 0 Å². The van der Waals surface area contributed by atoms with Gasteiger partial charge in [-0.3, -0.25) is 4.90 Å². The molecule has 1 saturated heterocycles. The van der Waals surface area contributed by atoms with Crippen LogP contribution in [-0.2, 0) is 0 Å². The minimum Gasteiger partial charge on any atom is -0.351 e. The number of nitrogens with zero attached hydrogens (tertiary/aromatic N) is 5. The van der Waals surface area contributed by atoms with Crippen LogP contribution in [0.4, 0.5) is 5.95 Å². The maximum Gasteiger partial charge on any atom is 0.225 e. The van der Waals surface area contributed by atoms with E-state index in [9.17, 15) is 0 Å². The lowest BCUT2D eigenvalue weighted by atomic mass is 9.79. The first-order chi connectivity index (χ1) is 12.1. The lowest BCUT2D eigenvalue weighted by molar-refractivity contribution is 0.0873. The molecule has 4 rings (SSSR count). The van der Waals surface area contributed by atoms with E-state index in [4.69, 9.17) is 0 Å². The third-order valence-corrected chi connectivity index (χ3v) is 5.85. The van der Waals surface area contributed by atoms with Gasteiger partial charge in [-0.25, -0.2) is 9.67 Å². The second-order valence-electron chi connectivity index (χ2n) is 7.75. The summed E-state index contributed by atoms with van der Waals surface area (Å²) in [5.74, 6) is 1.54. The number of rotatable bonds is 4. The first-order valence-electron chi connectivity index (χ1n) is 9.50. The monoisotopic (exact) mass is 340 g/mol. The van der Waals surface area contributed by atoms with E-state index >= 15 is 0 Å². The molecule has 0 bridgehead atoms. The first-order valence-corrected chi connectivity index (χ1v) is 9.50. The van der Waals surface area contributed by atoms with Gasteiger partial charge in [0.1, 0.15) is 0 Å². The molecule has 0 atom stereocenters. The van der Waals surface area contributed by atoms with Gasteiger partial charge in [-0.05, 0) is 71.5 Å². The molecule has 1 aliphatic carbocycles. The highest BCUT2D eigenvalue weighted by atomic mass is 15.3. The second kappa shape index (κ2) is 6.75. The minimum absolute atomic E-state index is 0.391. The Balaban J connectivity index is 1.42. The van der Waals surface area contributed by atoms with Crippen LogP contribution in [0.5, 0.6) is 0 Å². The number of nitrogens with one attached hydrogen (secondary N) is 1. The van der Waals surface area contributed by atoms with Gasteiger partial charge in [0.15, 0.2) is 5.82 Å². The summed E-state index contributed by atoms with van der Waals surface area (Å²) in [5, 5.41) is 7.84. The fourth-order valence-corrected chi connectivity index (χ4v) is 4.28. The summed E-state index contributed by atoms with van der Waals surface area (Å²) in [6.07, 6.45) is 11.3. The van der Waals surface area contributed by atoms with Gasteiger partial charge in [-0.2, -0.15) is 10.1 Å². The Hall–Kier alpha value is -1.95. The van der Waals surface area contributed by atoms with Crippen molar-refractivity contribution in [3.05, 3.63) is 30.2 Å². The Morgan fingerprint density at radius 3 is 2.60 bits per heavy atom. The molecule has 6 nitrogen and oxygen atoms in total. The molecule has 1 aliphatic heterocycles. The summed E-state index contributed by atoms with van der Waals surface area (Å²) in [6, 6.07) is 4.33. The topological polar surface area (TPSA) is 58.9 Å². The fraction of sp³-hybridized carbons (Fsp3) is 0.632. The Morgan fingerprint density at radius 2 is 1.92 bits per heavy atom. The van der Waals surface area contributed by atoms with Crippen molar-refractivity contribution >= 4 is 5.95 Å². The van der Waals surface area contributed by atoms with Crippen molar-refractivity contribution in [1.29, 1.82) is 0 Å². The maximum absolute atomic E-state index is 4.65. The molecule has 3 heterocycles. The number of anilines is 1. The Labute approximate surface area is 149 Å². The van der Waals surface area contributed by atoms with Crippen LogP contribution in [0.3, 0.4) is 0 Å². The van der Waals surface area contributed by atoms with Crippen LogP contribution in [0, 0.1) is 6.92 Å². The van der Waals surface area contributed by atoms with E-state index < -0.39 is 0 Å². The number of aryl methyl sites for hydroxylation is 1. The van der Waals surface area contributed by atoms with Crippen molar-refractivity contribution in [3.8, 4) is 5.82 Å². The van der Waals surface area contributed by atoms with Crippen LogP contribution in [0.2, 0.25) is 0 Å². The molecular formula is C19H28N6. The normalized spacial score (nSPS) is 27.5. The van der Waals surface area contributed by atoms with E-state index in [-0.39, 0.29) is 0 Å². The molecule has 1 N–H and O–H groups in total. The zero-order valence-corrected chi connectivity index (χ0v) is 15.3. The van der Waals surface area contributed by atoms with Crippen molar-refractivity contribution < 1.29 is 0 Å². The smallest absolute Gasteiger partial charge is 0.225 e. The van der Waals surface area contributed by atoms with E-state index in [0.29, 0.717) is 11.6 Å². The largest absolute Gasteiger partial charge is 0.351 e. The summed E-state index contributed by atoms with van der Waals surface area (Å²) in [6.45, 7) is 7.02. The molecule has 6 heteroatoms. The number of aromatic nitrogens is 4.